The molecule has 4 aliphatic rings. The predicted octanol–water partition coefficient (Wildman–Crippen LogP) is -1.03. The minimum atomic E-state index is -1.86. The van der Waals surface area contributed by atoms with Gasteiger partial charge in [-0.2, -0.15) is 0 Å². The van der Waals surface area contributed by atoms with Crippen molar-refractivity contribution in [3.8, 4) is 11.4 Å². The van der Waals surface area contributed by atoms with Crippen LogP contribution < -0.4 is 37.5 Å². The molecule has 26 nitrogen and oxygen atoms in total. The molecule has 8 rings (SSSR count). The van der Waals surface area contributed by atoms with E-state index in [4.69, 9.17) is 33.4 Å². The number of rotatable bonds is 31. The highest BCUT2D eigenvalue weighted by molar-refractivity contribution is 6.12. The van der Waals surface area contributed by atoms with Crippen LogP contribution >= 0.6 is 0 Å². The summed E-state index contributed by atoms with van der Waals surface area (Å²) >= 11 is 0. The van der Waals surface area contributed by atoms with Gasteiger partial charge in [0.1, 0.15) is 30.8 Å². The molecule has 0 radical (unpaired) electrons. The fourth-order valence-electron chi connectivity index (χ4n) is 10.2. The van der Waals surface area contributed by atoms with Crippen molar-refractivity contribution in [2.45, 2.75) is 83.1 Å². The van der Waals surface area contributed by atoms with Gasteiger partial charge in [0.15, 0.2) is 6.29 Å². The van der Waals surface area contributed by atoms with E-state index in [0.29, 0.717) is 77.2 Å². The summed E-state index contributed by atoms with van der Waals surface area (Å²) < 4.78 is 49.4. The van der Waals surface area contributed by atoms with Crippen LogP contribution in [0.2, 0.25) is 0 Å². The maximum atomic E-state index is 15.4. The summed E-state index contributed by atoms with van der Waals surface area (Å²) in [5, 5.41) is 38.1. The molecular weight excluding hydrogens is 1100 g/mol. The Labute approximate surface area is 481 Å². The van der Waals surface area contributed by atoms with Gasteiger partial charge in [0.05, 0.1) is 115 Å². The lowest BCUT2D eigenvalue weighted by atomic mass is 9.81. The maximum absolute atomic E-state index is 15.4. The van der Waals surface area contributed by atoms with Crippen molar-refractivity contribution in [1.29, 1.82) is 0 Å². The topological polar surface area (TPSA) is 343 Å². The quantitative estimate of drug-likeness (QED) is 0.0149. The van der Waals surface area contributed by atoms with Gasteiger partial charge >= 0.3 is 0 Å². The van der Waals surface area contributed by atoms with Crippen LogP contribution in [0.4, 0.5) is 4.39 Å². The molecule has 8 amide bonds. The molecule has 8 N–H and O–H groups in total. The van der Waals surface area contributed by atoms with E-state index in [2.05, 4.69) is 31.9 Å². The number of amides is 8. The number of benzene rings is 2. The zero-order valence-electron chi connectivity index (χ0n) is 46.5. The number of carbonyl (C=O) groups is 8. The van der Waals surface area contributed by atoms with Crippen molar-refractivity contribution >= 4 is 58.2 Å². The molecule has 0 fully saturated rings. The number of aliphatic hydroxyl groups is 2. The van der Waals surface area contributed by atoms with Gasteiger partial charge in [-0.3, -0.25) is 48.1 Å². The fourth-order valence-corrected chi connectivity index (χ4v) is 10.2. The van der Waals surface area contributed by atoms with Gasteiger partial charge in [-0.25, -0.2) is 9.37 Å². The Bertz CT molecular complexity index is 3210. The second-order valence-corrected chi connectivity index (χ2v) is 20.2. The summed E-state index contributed by atoms with van der Waals surface area (Å²) in [7, 11) is 0. The fraction of sp³-hybridized carbons (Fsp3) is 0.474. The van der Waals surface area contributed by atoms with E-state index >= 15 is 4.39 Å². The van der Waals surface area contributed by atoms with E-state index in [0.717, 1.165) is 10.5 Å². The number of fused-ring (bicyclic) bond motifs is 5. The minimum Gasteiger partial charge on any atom is -0.380 e. The van der Waals surface area contributed by atoms with Crippen molar-refractivity contribution < 1.29 is 81.4 Å². The molecule has 2 aromatic heterocycles. The number of imide groups is 1. The van der Waals surface area contributed by atoms with Crippen LogP contribution in [0.3, 0.4) is 0 Å². The predicted molar refractivity (Wildman–Crippen MR) is 293 cm³/mol. The third kappa shape index (κ3) is 15.3. The zero-order chi connectivity index (χ0) is 59.9. The van der Waals surface area contributed by atoms with E-state index in [9.17, 15) is 53.4 Å². The van der Waals surface area contributed by atoms with Gasteiger partial charge in [-0.1, -0.05) is 37.3 Å². The minimum absolute atomic E-state index is 0.0325. The first-order valence-electron chi connectivity index (χ1n) is 27.5. The van der Waals surface area contributed by atoms with Crippen LogP contribution in [0, 0.1) is 12.7 Å². The molecule has 84 heavy (non-hydrogen) atoms. The number of hydrogen-bond acceptors (Lipinski definition) is 18. The maximum Gasteiger partial charge on any atom is 0.257 e. The van der Waals surface area contributed by atoms with E-state index in [1.165, 1.54) is 22.8 Å². The standard InChI is InChI=1S/C57H68FN9O17/c1-3-57(78)38-24-43-53-36(29-67(43)55(76)37(38)30-84-56(57)77)52-40(10-9-35-33(2)39(58)25-41(65-53)51(35)52)63-48(72)31-83-32-62-46(70)27-61-54(75)42(23-34-7-5-4-6-8-34)64-47(71)28-60-45(69)26-59-44(68)13-15-79-17-19-81-21-22-82-20-18-80-16-14-66-49(73)11-12-50(66)74/h4-8,11-12,24-25,40,42,56,77-78H,3,9-10,13-23,26-32H2,1-2H3,(H,59,68)(H,60,69)(H,61,75)(H,62,70)(H,63,72)(H,64,71)/t40-,42-,56?,57-/m0/s1. The van der Waals surface area contributed by atoms with Gasteiger partial charge in [0.25, 0.3) is 17.4 Å². The number of aliphatic hydroxyl groups excluding tert-OH is 1. The van der Waals surface area contributed by atoms with Crippen LogP contribution in [-0.4, -0.2) is 177 Å². The lowest BCUT2D eigenvalue weighted by molar-refractivity contribution is -0.236. The lowest BCUT2D eigenvalue weighted by Gasteiger charge is -2.37. The van der Waals surface area contributed by atoms with Gasteiger partial charge in [-0.15, -0.1) is 0 Å². The Morgan fingerprint density at radius 3 is 2.13 bits per heavy atom. The largest absolute Gasteiger partial charge is 0.380 e. The Morgan fingerprint density at radius 2 is 1.43 bits per heavy atom. The number of nitrogens with zero attached hydrogens (tertiary/aromatic N) is 3. The molecule has 0 saturated heterocycles. The van der Waals surface area contributed by atoms with E-state index in [1.807, 2.05) is 0 Å². The lowest BCUT2D eigenvalue weighted by Crippen LogP contribution is -2.52. The number of ether oxygens (including phenoxy) is 6. The van der Waals surface area contributed by atoms with Crippen molar-refractivity contribution in [1.82, 2.24) is 46.4 Å². The zero-order valence-corrected chi connectivity index (χ0v) is 46.5. The van der Waals surface area contributed by atoms with Crippen molar-refractivity contribution in [2.75, 3.05) is 92.4 Å². The molecule has 1 unspecified atom stereocenters. The highest BCUT2D eigenvalue weighted by Gasteiger charge is 2.45. The van der Waals surface area contributed by atoms with Crippen molar-refractivity contribution in [3.63, 3.8) is 0 Å². The number of nitrogens with one attached hydrogen (secondary N) is 6. The normalized spacial score (nSPS) is 17.8. The summed E-state index contributed by atoms with van der Waals surface area (Å²) in [6.07, 6.45) is 1.66. The summed E-state index contributed by atoms with van der Waals surface area (Å²) in [4.78, 5) is 120. The SMILES string of the molecule is CC[C@]1(O)c2cc3n(c(=O)c2COC1O)Cc1c-3nc2cc(F)c(C)c3c2c1[C@@H](NC(=O)COCNC(=O)CNC(=O)[C@H](Cc1ccccc1)NC(=O)CNC(=O)CNC(=O)CCOCCOCCOCCOCCN1C(=O)C=CC1=O)CC3. The van der Waals surface area contributed by atoms with Crippen LogP contribution in [0.15, 0.2) is 59.4 Å². The first-order chi connectivity index (χ1) is 40.5. The molecule has 1 aliphatic carbocycles. The smallest absolute Gasteiger partial charge is 0.257 e. The highest BCUT2D eigenvalue weighted by Crippen LogP contribution is 2.46. The molecule has 0 saturated carbocycles. The molecule has 5 heterocycles. The molecule has 4 atom stereocenters. The third-order valence-electron chi connectivity index (χ3n) is 14.7. The molecule has 4 aromatic rings. The Kier molecular flexibility index (Phi) is 21.5. The van der Waals surface area contributed by atoms with Crippen molar-refractivity contribution in [2.24, 2.45) is 0 Å². The first kappa shape index (κ1) is 62.2. The Morgan fingerprint density at radius 1 is 0.786 bits per heavy atom. The number of halogens is 1. The van der Waals surface area contributed by atoms with Gasteiger partial charge in [0.2, 0.25) is 35.4 Å². The molecule has 0 bridgehead atoms. The number of aryl methyl sites for hydroxylation is 1. The summed E-state index contributed by atoms with van der Waals surface area (Å²) in [6, 6.07) is 9.91. The van der Waals surface area contributed by atoms with E-state index in [1.54, 1.807) is 50.2 Å². The van der Waals surface area contributed by atoms with E-state index < -0.39 is 104 Å². The average molecular weight is 1170 g/mol. The number of hydrogen-bond donors (Lipinski definition) is 8. The molecule has 27 heteroatoms. The van der Waals surface area contributed by atoms with E-state index in [-0.39, 0.29) is 94.9 Å². The Balaban J connectivity index is 0.723. The Hall–Kier alpha value is -7.89. The average Bonchev–Trinajstić information content (AvgIpc) is 2.27. The number of pyridine rings is 2. The second-order valence-electron chi connectivity index (χ2n) is 20.2. The van der Waals surface area contributed by atoms with Crippen LogP contribution in [-0.2, 0) is 98.4 Å². The monoisotopic (exact) mass is 1170 g/mol. The first-order valence-corrected chi connectivity index (χ1v) is 27.5. The molecule has 0 spiro atoms. The number of carbonyl (C=O) groups excluding carboxylic acids is 8. The highest BCUT2D eigenvalue weighted by atomic mass is 19.1. The van der Waals surface area contributed by atoms with Crippen LogP contribution in [0.5, 0.6) is 0 Å². The van der Waals surface area contributed by atoms with Gasteiger partial charge < -0.3 is 75.1 Å². The second kappa shape index (κ2) is 29.1. The van der Waals surface area contributed by atoms with Crippen LogP contribution in [0.25, 0.3) is 22.3 Å². The molecule has 2 aromatic carbocycles. The summed E-state index contributed by atoms with van der Waals surface area (Å²) in [5.41, 5.74) is 2.35. The third-order valence-corrected chi connectivity index (χ3v) is 14.7. The summed E-state index contributed by atoms with van der Waals surface area (Å²) in [6.45, 7) is 2.84. The van der Waals surface area contributed by atoms with Crippen LogP contribution in [0.1, 0.15) is 71.2 Å². The summed E-state index contributed by atoms with van der Waals surface area (Å²) in [5.74, 6) is -4.99. The molecule has 450 valence electrons. The van der Waals surface area contributed by atoms with Gasteiger partial charge in [0, 0.05) is 53.1 Å². The molecule has 3 aliphatic heterocycles. The van der Waals surface area contributed by atoms with Crippen molar-refractivity contribution in [3.05, 3.63) is 110 Å². The molecular formula is C57H68FN9O17. The van der Waals surface area contributed by atoms with Gasteiger partial charge in [-0.05, 0) is 54.5 Å². The number of aromatic nitrogens is 2.